The Morgan fingerprint density at radius 3 is 2.73 bits per heavy atom. The Kier molecular flexibility index (Phi) is 4.00. The van der Waals surface area contributed by atoms with Gasteiger partial charge in [0.2, 0.25) is 0 Å². The molecule has 0 spiro atoms. The minimum absolute atomic E-state index is 0.0208. The fourth-order valence-corrected chi connectivity index (χ4v) is 2.94. The maximum Gasteiger partial charge on any atom is 0.404 e. The predicted octanol–water partition coefficient (Wildman–Crippen LogP) is 2.49. The second-order valence-corrected chi connectivity index (χ2v) is 5.60. The molecule has 1 aromatic carbocycles. The molecule has 22 heavy (non-hydrogen) atoms. The number of amides is 1. The highest BCUT2D eigenvalue weighted by atomic mass is 16.5. The summed E-state index contributed by atoms with van der Waals surface area (Å²) in [5.74, 6) is 0.743. The van der Waals surface area contributed by atoms with Crippen molar-refractivity contribution < 1.29 is 14.6 Å². The van der Waals surface area contributed by atoms with Gasteiger partial charge in [0.05, 0.1) is 6.10 Å². The second kappa shape index (κ2) is 6.09. The number of aromatic nitrogens is 1. The van der Waals surface area contributed by atoms with Crippen LogP contribution in [0.1, 0.15) is 25.7 Å². The normalized spacial score (nSPS) is 21.5. The van der Waals surface area contributed by atoms with Gasteiger partial charge in [-0.15, -0.1) is 0 Å². The van der Waals surface area contributed by atoms with Gasteiger partial charge in [-0.1, -0.05) is 0 Å². The van der Waals surface area contributed by atoms with E-state index >= 15 is 0 Å². The maximum atomic E-state index is 11.7. The van der Waals surface area contributed by atoms with E-state index in [-0.39, 0.29) is 17.7 Å². The molecule has 1 fully saturated rings. The summed E-state index contributed by atoms with van der Waals surface area (Å²) < 4.78 is 5.97. The van der Waals surface area contributed by atoms with Crippen LogP contribution in [0.2, 0.25) is 0 Å². The third-order valence-electron chi connectivity index (χ3n) is 4.05. The van der Waals surface area contributed by atoms with Crippen molar-refractivity contribution in [3.05, 3.63) is 40.8 Å². The van der Waals surface area contributed by atoms with E-state index in [0.29, 0.717) is 5.39 Å². The van der Waals surface area contributed by atoms with Gasteiger partial charge in [-0.25, -0.2) is 4.79 Å². The van der Waals surface area contributed by atoms with Gasteiger partial charge in [0, 0.05) is 17.6 Å². The van der Waals surface area contributed by atoms with Crippen LogP contribution >= 0.6 is 0 Å². The number of hydrogen-bond donors (Lipinski definition) is 3. The molecule has 1 aromatic heterocycles. The summed E-state index contributed by atoms with van der Waals surface area (Å²) in [6.07, 6.45) is 3.94. The molecule has 1 saturated carbocycles. The lowest BCUT2D eigenvalue weighted by atomic mass is 9.93. The number of aromatic amines is 1. The van der Waals surface area contributed by atoms with Gasteiger partial charge in [0.25, 0.3) is 5.56 Å². The van der Waals surface area contributed by atoms with Crippen LogP contribution in [-0.4, -0.2) is 28.3 Å². The summed E-state index contributed by atoms with van der Waals surface area (Å²) in [6.45, 7) is 0. The van der Waals surface area contributed by atoms with Crippen LogP contribution in [0.15, 0.2) is 35.3 Å². The van der Waals surface area contributed by atoms with Crippen LogP contribution in [0, 0.1) is 0 Å². The van der Waals surface area contributed by atoms with E-state index in [1.54, 1.807) is 18.3 Å². The molecule has 1 heterocycles. The fraction of sp³-hybridized carbons (Fsp3) is 0.375. The third-order valence-corrected chi connectivity index (χ3v) is 4.05. The van der Waals surface area contributed by atoms with Gasteiger partial charge in [0.15, 0.2) is 0 Å². The number of benzene rings is 1. The summed E-state index contributed by atoms with van der Waals surface area (Å²) in [7, 11) is 0. The van der Waals surface area contributed by atoms with E-state index in [2.05, 4.69) is 10.3 Å². The Hall–Kier alpha value is -2.50. The van der Waals surface area contributed by atoms with Crippen molar-refractivity contribution in [2.24, 2.45) is 0 Å². The number of pyridine rings is 1. The summed E-state index contributed by atoms with van der Waals surface area (Å²) >= 11 is 0. The molecule has 116 valence electrons. The van der Waals surface area contributed by atoms with Crippen molar-refractivity contribution >= 4 is 16.9 Å². The standard InChI is InChI=1S/C16H18N2O4/c19-15-14-6-5-13(9-10(14)7-8-17-15)22-12-3-1-11(2-4-12)18-16(20)21/h5-9,11-12,18H,1-4H2,(H,17,19)(H,20,21)/t11-,12+. The number of fused-ring (bicyclic) bond motifs is 1. The van der Waals surface area contributed by atoms with E-state index in [1.807, 2.05) is 12.1 Å². The second-order valence-electron chi connectivity index (χ2n) is 5.60. The van der Waals surface area contributed by atoms with Crippen LogP contribution in [0.4, 0.5) is 4.79 Å². The van der Waals surface area contributed by atoms with Crippen molar-refractivity contribution in [3.8, 4) is 5.75 Å². The van der Waals surface area contributed by atoms with E-state index in [9.17, 15) is 9.59 Å². The van der Waals surface area contributed by atoms with Gasteiger partial charge in [-0.2, -0.15) is 0 Å². The van der Waals surface area contributed by atoms with Crippen LogP contribution in [0.5, 0.6) is 5.75 Å². The first-order valence-electron chi connectivity index (χ1n) is 7.39. The van der Waals surface area contributed by atoms with Crippen molar-refractivity contribution in [1.82, 2.24) is 10.3 Å². The zero-order chi connectivity index (χ0) is 15.5. The van der Waals surface area contributed by atoms with Crippen LogP contribution in [0.25, 0.3) is 10.8 Å². The first kappa shape index (κ1) is 14.4. The molecule has 0 unspecified atom stereocenters. The highest BCUT2D eigenvalue weighted by Gasteiger charge is 2.23. The van der Waals surface area contributed by atoms with Crippen LogP contribution in [-0.2, 0) is 0 Å². The Morgan fingerprint density at radius 2 is 2.00 bits per heavy atom. The fourth-order valence-electron chi connectivity index (χ4n) is 2.94. The summed E-state index contributed by atoms with van der Waals surface area (Å²) in [5, 5.41) is 12.7. The largest absolute Gasteiger partial charge is 0.490 e. The van der Waals surface area contributed by atoms with Gasteiger partial charge in [-0.3, -0.25) is 4.79 Å². The molecule has 0 bridgehead atoms. The van der Waals surface area contributed by atoms with Gasteiger partial charge in [-0.05, 0) is 55.3 Å². The summed E-state index contributed by atoms with van der Waals surface area (Å²) in [6, 6.07) is 7.30. The van der Waals surface area contributed by atoms with Crippen LogP contribution < -0.4 is 15.6 Å². The number of carbonyl (C=O) groups is 1. The maximum absolute atomic E-state index is 11.7. The molecule has 1 amide bonds. The Bertz CT molecular complexity index is 732. The first-order chi connectivity index (χ1) is 10.6. The molecule has 2 aromatic rings. The molecule has 6 nitrogen and oxygen atoms in total. The third kappa shape index (κ3) is 3.21. The first-order valence-corrected chi connectivity index (χ1v) is 7.39. The molecule has 0 atom stereocenters. The topological polar surface area (TPSA) is 91.4 Å². The summed E-state index contributed by atoms with van der Waals surface area (Å²) in [5.41, 5.74) is -0.107. The molecule has 6 heteroatoms. The number of carboxylic acid groups (broad SMARTS) is 1. The van der Waals surface area contributed by atoms with Crippen LogP contribution in [0.3, 0.4) is 0 Å². The lowest BCUT2D eigenvalue weighted by molar-refractivity contribution is 0.134. The van der Waals surface area contributed by atoms with E-state index in [0.717, 1.165) is 36.8 Å². The molecular weight excluding hydrogens is 284 g/mol. The minimum atomic E-state index is -0.968. The number of hydrogen-bond acceptors (Lipinski definition) is 3. The highest BCUT2D eigenvalue weighted by Crippen LogP contribution is 2.25. The zero-order valence-corrected chi connectivity index (χ0v) is 12.0. The number of rotatable bonds is 3. The predicted molar refractivity (Wildman–Crippen MR) is 82.4 cm³/mol. The van der Waals surface area contributed by atoms with E-state index in [1.165, 1.54) is 0 Å². The molecule has 1 aliphatic carbocycles. The van der Waals surface area contributed by atoms with E-state index in [4.69, 9.17) is 9.84 Å². The molecule has 3 N–H and O–H groups in total. The van der Waals surface area contributed by atoms with Crippen molar-refractivity contribution in [2.45, 2.75) is 37.8 Å². The number of nitrogens with one attached hydrogen (secondary N) is 2. The van der Waals surface area contributed by atoms with Crippen molar-refractivity contribution in [2.75, 3.05) is 0 Å². The quantitative estimate of drug-likeness (QED) is 0.812. The Labute approximate surface area is 127 Å². The molecule has 3 rings (SSSR count). The van der Waals surface area contributed by atoms with Gasteiger partial charge >= 0.3 is 6.09 Å². The Morgan fingerprint density at radius 1 is 1.23 bits per heavy atom. The molecule has 0 aliphatic heterocycles. The molecule has 0 radical (unpaired) electrons. The van der Waals surface area contributed by atoms with Gasteiger partial charge in [0.1, 0.15) is 5.75 Å². The molecule has 0 saturated heterocycles. The number of ether oxygens (including phenoxy) is 1. The number of H-pyrrole nitrogens is 1. The smallest absolute Gasteiger partial charge is 0.404 e. The summed E-state index contributed by atoms with van der Waals surface area (Å²) in [4.78, 5) is 24.9. The Balaban J connectivity index is 1.65. The monoisotopic (exact) mass is 302 g/mol. The highest BCUT2D eigenvalue weighted by molar-refractivity contribution is 5.82. The SMILES string of the molecule is O=C(O)N[C@H]1CC[C@@H](Oc2ccc3c(=O)[nH]ccc3c2)CC1. The zero-order valence-electron chi connectivity index (χ0n) is 12.0. The van der Waals surface area contributed by atoms with E-state index < -0.39 is 6.09 Å². The lowest BCUT2D eigenvalue weighted by Crippen LogP contribution is -2.38. The van der Waals surface area contributed by atoms with Crippen molar-refractivity contribution in [1.29, 1.82) is 0 Å². The van der Waals surface area contributed by atoms with Crippen molar-refractivity contribution in [3.63, 3.8) is 0 Å². The molecule has 1 aliphatic rings. The average molecular weight is 302 g/mol. The average Bonchev–Trinajstić information content (AvgIpc) is 2.49. The lowest BCUT2D eigenvalue weighted by Gasteiger charge is -2.28. The minimum Gasteiger partial charge on any atom is -0.490 e. The van der Waals surface area contributed by atoms with Gasteiger partial charge < -0.3 is 20.1 Å². The molecular formula is C16H18N2O4.